The summed E-state index contributed by atoms with van der Waals surface area (Å²) in [7, 11) is 0. The van der Waals surface area contributed by atoms with Crippen LogP contribution in [0.5, 0.6) is 5.75 Å². The minimum absolute atomic E-state index is 0.385. The number of benzene rings is 1. The maximum atomic E-state index is 10.7. The molecule has 1 saturated heterocycles. The smallest absolute Gasteiger partial charge is 0.123 e. The van der Waals surface area contributed by atoms with Crippen LogP contribution in [-0.2, 0) is 0 Å². The van der Waals surface area contributed by atoms with E-state index in [0.717, 1.165) is 56.0 Å². The van der Waals surface area contributed by atoms with E-state index in [-0.39, 0.29) is 0 Å². The molecule has 1 unspecified atom stereocenters. The second kappa shape index (κ2) is 8.67. The number of aryl methyl sites for hydroxylation is 1. The largest absolute Gasteiger partial charge is 0.494 e. The first-order chi connectivity index (χ1) is 11.0. The molecule has 0 radical (unpaired) electrons. The molecule has 130 valence electrons. The normalized spacial score (nSPS) is 17.5. The highest BCUT2D eigenvalue weighted by molar-refractivity contribution is 5.44. The van der Waals surface area contributed by atoms with Crippen LogP contribution in [0.2, 0.25) is 0 Å². The lowest BCUT2D eigenvalue weighted by Crippen LogP contribution is -2.44. The maximum absolute atomic E-state index is 10.7. The third kappa shape index (κ3) is 4.93. The molecule has 1 aromatic carbocycles. The van der Waals surface area contributed by atoms with Crippen molar-refractivity contribution in [1.82, 2.24) is 10.2 Å². The Morgan fingerprint density at radius 2 is 1.91 bits per heavy atom. The van der Waals surface area contributed by atoms with Crippen molar-refractivity contribution in [3.05, 3.63) is 28.8 Å². The Bertz CT molecular complexity index is 496. The predicted molar refractivity (Wildman–Crippen MR) is 95.3 cm³/mol. The number of nitrogens with zero attached hydrogens (tertiary/aromatic N) is 1. The average Bonchev–Trinajstić information content (AvgIpc) is 2.53. The van der Waals surface area contributed by atoms with Gasteiger partial charge in [-0.25, -0.2) is 0 Å². The van der Waals surface area contributed by atoms with Gasteiger partial charge < -0.3 is 20.1 Å². The molecule has 0 saturated carbocycles. The van der Waals surface area contributed by atoms with Crippen LogP contribution in [0.3, 0.4) is 0 Å². The summed E-state index contributed by atoms with van der Waals surface area (Å²) < 4.78 is 5.77. The molecule has 0 aliphatic carbocycles. The quantitative estimate of drug-likeness (QED) is 0.811. The molecule has 1 aliphatic rings. The van der Waals surface area contributed by atoms with Crippen LogP contribution < -0.4 is 10.1 Å². The van der Waals surface area contributed by atoms with Gasteiger partial charge in [-0.3, -0.25) is 0 Å². The number of hydrogen-bond acceptors (Lipinski definition) is 4. The van der Waals surface area contributed by atoms with Gasteiger partial charge in [-0.2, -0.15) is 0 Å². The summed E-state index contributed by atoms with van der Waals surface area (Å²) in [4.78, 5) is 2.42. The van der Waals surface area contributed by atoms with Gasteiger partial charge in [0.25, 0.3) is 0 Å². The van der Waals surface area contributed by atoms with Gasteiger partial charge in [-0.05, 0) is 55.0 Å². The van der Waals surface area contributed by atoms with Gasteiger partial charge in [0, 0.05) is 32.7 Å². The first-order valence-corrected chi connectivity index (χ1v) is 8.91. The fourth-order valence-electron chi connectivity index (χ4n) is 3.20. The van der Waals surface area contributed by atoms with Crippen LogP contribution in [0.15, 0.2) is 12.1 Å². The van der Waals surface area contributed by atoms with Gasteiger partial charge >= 0.3 is 0 Å². The van der Waals surface area contributed by atoms with Gasteiger partial charge in [-0.1, -0.05) is 13.8 Å². The van der Waals surface area contributed by atoms with Crippen LogP contribution >= 0.6 is 0 Å². The second-order valence-corrected chi connectivity index (χ2v) is 6.73. The van der Waals surface area contributed by atoms with E-state index in [9.17, 15) is 5.11 Å². The highest BCUT2D eigenvalue weighted by atomic mass is 16.5. The summed E-state index contributed by atoms with van der Waals surface area (Å²) in [5.74, 6) is 1.34. The van der Waals surface area contributed by atoms with Crippen molar-refractivity contribution in [2.75, 3.05) is 39.3 Å². The number of ether oxygens (including phenoxy) is 1. The Kier molecular flexibility index (Phi) is 6.88. The van der Waals surface area contributed by atoms with E-state index >= 15 is 0 Å². The molecule has 23 heavy (non-hydrogen) atoms. The lowest BCUT2D eigenvalue weighted by Gasteiger charge is -2.28. The minimum atomic E-state index is -0.405. The number of nitrogens with one attached hydrogen (secondary N) is 1. The second-order valence-electron chi connectivity index (χ2n) is 6.73. The molecular formula is C19H32N2O2. The van der Waals surface area contributed by atoms with Crippen molar-refractivity contribution < 1.29 is 9.84 Å². The molecular weight excluding hydrogens is 288 g/mol. The Hall–Kier alpha value is -1.10. The van der Waals surface area contributed by atoms with Gasteiger partial charge in [0.2, 0.25) is 0 Å². The van der Waals surface area contributed by atoms with E-state index in [4.69, 9.17) is 4.74 Å². The predicted octanol–water partition coefficient (Wildman–Crippen LogP) is 2.85. The molecule has 4 heteroatoms. The zero-order chi connectivity index (χ0) is 16.8. The van der Waals surface area contributed by atoms with Crippen LogP contribution in [0.1, 0.15) is 55.9 Å². The third-order valence-electron chi connectivity index (χ3n) is 4.61. The molecule has 0 bridgehead atoms. The molecule has 2 rings (SSSR count). The molecule has 1 aromatic rings. The molecule has 1 heterocycles. The lowest BCUT2D eigenvalue weighted by molar-refractivity contribution is 0.136. The van der Waals surface area contributed by atoms with Crippen molar-refractivity contribution in [3.8, 4) is 5.75 Å². The summed E-state index contributed by atoms with van der Waals surface area (Å²) in [6.07, 6.45) is 0.380. The molecule has 1 aliphatic heterocycles. The van der Waals surface area contributed by atoms with Crippen LogP contribution in [0, 0.1) is 6.92 Å². The van der Waals surface area contributed by atoms with Crippen molar-refractivity contribution in [2.24, 2.45) is 0 Å². The van der Waals surface area contributed by atoms with Crippen LogP contribution in [0.4, 0.5) is 0 Å². The monoisotopic (exact) mass is 320 g/mol. The van der Waals surface area contributed by atoms with Gasteiger partial charge in [0.05, 0.1) is 12.7 Å². The van der Waals surface area contributed by atoms with E-state index in [1.54, 1.807) is 0 Å². The number of aliphatic hydroxyl groups is 1. The fourth-order valence-corrected chi connectivity index (χ4v) is 3.20. The SMILES string of the molecule is CCOc1cc(C)c(C(O)CCN2CCNCC2)cc1C(C)C. The molecule has 4 nitrogen and oxygen atoms in total. The van der Waals surface area contributed by atoms with Crippen LogP contribution in [0.25, 0.3) is 0 Å². The summed E-state index contributed by atoms with van der Waals surface area (Å²) in [6.45, 7) is 14.3. The van der Waals surface area contributed by atoms with Crippen LogP contribution in [-0.4, -0.2) is 49.3 Å². The molecule has 1 fully saturated rings. The van der Waals surface area contributed by atoms with E-state index in [1.807, 2.05) is 6.92 Å². The van der Waals surface area contributed by atoms with Crippen molar-refractivity contribution in [2.45, 2.75) is 46.1 Å². The molecule has 1 atom stereocenters. The highest BCUT2D eigenvalue weighted by Crippen LogP contribution is 2.33. The molecule has 0 aromatic heterocycles. The molecule has 0 spiro atoms. The number of aliphatic hydroxyl groups excluding tert-OH is 1. The van der Waals surface area contributed by atoms with Crippen molar-refractivity contribution in [1.29, 1.82) is 0 Å². The molecule has 0 amide bonds. The summed E-state index contributed by atoms with van der Waals surface area (Å²) in [5, 5.41) is 14.0. The number of piperazine rings is 1. The number of hydrogen-bond donors (Lipinski definition) is 2. The fraction of sp³-hybridized carbons (Fsp3) is 0.684. The first-order valence-electron chi connectivity index (χ1n) is 8.91. The van der Waals surface area contributed by atoms with E-state index in [0.29, 0.717) is 12.5 Å². The molecule has 2 N–H and O–H groups in total. The van der Waals surface area contributed by atoms with Crippen molar-refractivity contribution >= 4 is 0 Å². The zero-order valence-corrected chi connectivity index (χ0v) is 15.1. The minimum Gasteiger partial charge on any atom is -0.494 e. The Balaban J connectivity index is 2.08. The third-order valence-corrected chi connectivity index (χ3v) is 4.61. The highest BCUT2D eigenvalue weighted by Gasteiger charge is 2.18. The summed E-state index contributed by atoms with van der Waals surface area (Å²) in [5.41, 5.74) is 3.35. The standard InChI is InChI=1S/C19H32N2O2/c1-5-23-19-12-15(4)17(13-16(19)14(2)3)18(22)6-9-21-10-7-20-8-11-21/h12-14,18,20,22H,5-11H2,1-4H3. The lowest BCUT2D eigenvalue weighted by atomic mass is 9.93. The zero-order valence-electron chi connectivity index (χ0n) is 15.1. The average molecular weight is 320 g/mol. The van der Waals surface area contributed by atoms with E-state index in [2.05, 4.69) is 43.1 Å². The van der Waals surface area contributed by atoms with Crippen molar-refractivity contribution in [3.63, 3.8) is 0 Å². The summed E-state index contributed by atoms with van der Waals surface area (Å²) >= 11 is 0. The van der Waals surface area contributed by atoms with Gasteiger partial charge in [-0.15, -0.1) is 0 Å². The van der Waals surface area contributed by atoms with Gasteiger partial charge in [0.15, 0.2) is 0 Å². The van der Waals surface area contributed by atoms with E-state index in [1.165, 1.54) is 5.56 Å². The Morgan fingerprint density at radius 1 is 1.22 bits per heavy atom. The Morgan fingerprint density at radius 3 is 2.52 bits per heavy atom. The van der Waals surface area contributed by atoms with E-state index < -0.39 is 6.10 Å². The maximum Gasteiger partial charge on any atom is 0.123 e. The topological polar surface area (TPSA) is 44.7 Å². The summed E-state index contributed by atoms with van der Waals surface area (Å²) in [6, 6.07) is 4.23. The van der Waals surface area contributed by atoms with Gasteiger partial charge in [0.1, 0.15) is 5.75 Å². The number of rotatable bonds is 7. The first kappa shape index (κ1) is 18.2. The Labute approximate surface area is 140 Å².